The molecule has 0 aliphatic heterocycles. The van der Waals surface area contributed by atoms with E-state index in [0.717, 1.165) is 17.3 Å². The topological polar surface area (TPSA) is 35.8 Å². The van der Waals surface area contributed by atoms with Crippen LogP contribution in [0.25, 0.3) is 0 Å². The molecule has 0 saturated heterocycles. The molecular weight excluding hydrogens is 271 g/mol. The lowest BCUT2D eigenvalue weighted by Crippen LogP contribution is -2.26. The lowest BCUT2D eigenvalue weighted by atomic mass is 9.91. The lowest BCUT2D eigenvalue weighted by Gasteiger charge is -2.22. The van der Waals surface area contributed by atoms with Crippen LogP contribution in [0.15, 0.2) is 22.7 Å². The van der Waals surface area contributed by atoms with Gasteiger partial charge in [0.2, 0.25) is 0 Å². The molecule has 84 valence electrons. The number of nitrogens with zero attached hydrogens (tertiary/aromatic N) is 1. The van der Waals surface area contributed by atoms with E-state index in [1.165, 1.54) is 6.07 Å². The molecule has 0 aromatic heterocycles. The van der Waals surface area contributed by atoms with Crippen molar-refractivity contribution >= 4 is 15.9 Å². The number of nitriles is 1. The van der Waals surface area contributed by atoms with Crippen LogP contribution in [-0.4, -0.2) is 7.05 Å². The molecule has 2 nitrogen and oxygen atoms in total. The van der Waals surface area contributed by atoms with Crippen molar-refractivity contribution in [2.75, 3.05) is 7.05 Å². The molecule has 1 aliphatic rings. The van der Waals surface area contributed by atoms with Crippen LogP contribution < -0.4 is 5.32 Å². The average molecular weight is 283 g/mol. The summed E-state index contributed by atoms with van der Waals surface area (Å²) < 4.78 is 14.6. The summed E-state index contributed by atoms with van der Waals surface area (Å²) >= 11 is 3.33. The van der Waals surface area contributed by atoms with Crippen molar-refractivity contribution in [2.45, 2.75) is 18.9 Å². The Bertz CT molecular complexity index is 449. The summed E-state index contributed by atoms with van der Waals surface area (Å²) in [5.41, 5.74) is 0.145. The highest BCUT2D eigenvalue weighted by atomic mass is 79.9. The summed E-state index contributed by atoms with van der Waals surface area (Å²) in [5, 5.41) is 12.2. The SMILES string of the molecule is CNC(c1cc(Br)ccc1F)C1(C#N)CC1. The first-order valence-electron chi connectivity index (χ1n) is 5.16. The van der Waals surface area contributed by atoms with E-state index in [1.54, 1.807) is 19.2 Å². The molecule has 1 atom stereocenters. The van der Waals surface area contributed by atoms with E-state index in [-0.39, 0.29) is 11.9 Å². The number of hydrogen-bond donors (Lipinski definition) is 1. The third-order valence-corrected chi connectivity index (χ3v) is 3.61. The number of hydrogen-bond acceptors (Lipinski definition) is 2. The predicted molar refractivity (Wildman–Crippen MR) is 63.2 cm³/mol. The van der Waals surface area contributed by atoms with Gasteiger partial charge in [-0.15, -0.1) is 0 Å². The molecule has 0 radical (unpaired) electrons. The fourth-order valence-electron chi connectivity index (χ4n) is 2.06. The first-order valence-corrected chi connectivity index (χ1v) is 5.96. The maximum Gasteiger partial charge on any atom is 0.128 e. The van der Waals surface area contributed by atoms with Gasteiger partial charge in [-0.05, 0) is 38.1 Å². The molecule has 1 saturated carbocycles. The van der Waals surface area contributed by atoms with E-state index in [0.29, 0.717) is 5.56 Å². The highest BCUT2D eigenvalue weighted by Gasteiger charge is 2.50. The van der Waals surface area contributed by atoms with Crippen LogP contribution in [0, 0.1) is 22.6 Å². The quantitative estimate of drug-likeness (QED) is 0.925. The van der Waals surface area contributed by atoms with E-state index in [9.17, 15) is 4.39 Å². The van der Waals surface area contributed by atoms with E-state index >= 15 is 0 Å². The van der Waals surface area contributed by atoms with Gasteiger partial charge in [0.05, 0.1) is 17.5 Å². The molecule has 16 heavy (non-hydrogen) atoms. The monoisotopic (exact) mass is 282 g/mol. The Morgan fingerprint density at radius 2 is 2.25 bits per heavy atom. The Morgan fingerprint density at radius 1 is 1.56 bits per heavy atom. The van der Waals surface area contributed by atoms with Crippen LogP contribution in [0.1, 0.15) is 24.4 Å². The Morgan fingerprint density at radius 3 is 2.75 bits per heavy atom. The highest BCUT2D eigenvalue weighted by Crippen LogP contribution is 2.54. The number of nitrogens with one attached hydrogen (secondary N) is 1. The number of halogens is 2. The van der Waals surface area contributed by atoms with E-state index in [2.05, 4.69) is 27.3 Å². The highest BCUT2D eigenvalue weighted by molar-refractivity contribution is 9.10. The minimum absolute atomic E-state index is 0.227. The van der Waals surface area contributed by atoms with Crippen LogP contribution >= 0.6 is 15.9 Å². The summed E-state index contributed by atoms with van der Waals surface area (Å²) in [6, 6.07) is 6.91. The lowest BCUT2D eigenvalue weighted by molar-refractivity contribution is 0.424. The molecule has 1 fully saturated rings. The maximum absolute atomic E-state index is 13.7. The first kappa shape index (κ1) is 11.6. The van der Waals surface area contributed by atoms with Gasteiger partial charge in [-0.25, -0.2) is 4.39 Å². The van der Waals surface area contributed by atoms with Gasteiger partial charge in [-0.1, -0.05) is 15.9 Å². The fraction of sp³-hybridized carbons (Fsp3) is 0.417. The van der Waals surface area contributed by atoms with Crippen molar-refractivity contribution in [2.24, 2.45) is 5.41 Å². The summed E-state index contributed by atoms with van der Waals surface area (Å²) in [5.74, 6) is -0.260. The van der Waals surface area contributed by atoms with Crippen molar-refractivity contribution in [1.29, 1.82) is 5.26 Å². The minimum Gasteiger partial charge on any atom is -0.312 e. The van der Waals surface area contributed by atoms with Crippen molar-refractivity contribution in [3.8, 4) is 6.07 Å². The zero-order valence-electron chi connectivity index (χ0n) is 8.93. The van der Waals surface area contributed by atoms with Crippen molar-refractivity contribution < 1.29 is 4.39 Å². The van der Waals surface area contributed by atoms with E-state index < -0.39 is 5.41 Å². The van der Waals surface area contributed by atoms with Crippen LogP contribution in [0.3, 0.4) is 0 Å². The summed E-state index contributed by atoms with van der Waals surface area (Å²) in [7, 11) is 1.77. The maximum atomic E-state index is 13.7. The second kappa shape index (κ2) is 4.15. The van der Waals surface area contributed by atoms with Crippen LogP contribution in [0.5, 0.6) is 0 Å². The molecule has 4 heteroatoms. The Balaban J connectivity index is 2.42. The third-order valence-electron chi connectivity index (χ3n) is 3.12. The van der Waals surface area contributed by atoms with Gasteiger partial charge in [0, 0.05) is 10.0 Å². The van der Waals surface area contributed by atoms with Gasteiger partial charge in [-0.2, -0.15) is 5.26 Å². The molecule has 0 bridgehead atoms. The Kier molecular flexibility index (Phi) is 3.00. The zero-order chi connectivity index (χ0) is 11.8. The van der Waals surface area contributed by atoms with E-state index in [4.69, 9.17) is 5.26 Å². The molecule has 0 heterocycles. The third kappa shape index (κ3) is 1.85. The normalized spacial score (nSPS) is 18.9. The second-order valence-electron chi connectivity index (χ2n) is 4.16. The molecule has 1 N–H and O–H groups in total. The largest absolute Gasteiger partial charge is 0.312 e. The second-order valence-corrected chi connectivity index (χ2v) is 5.07. The molecule has 0 amide bonds. The van der Waals surface area contributed by atoms with Crippen molar-refractivity contribution in [3.63, 3.8) is 0 Å². The van der Waals surface area contributed by atoms with Crippen LogP contribution in [0.4, 0.5) is 4.39 Å². The standard InChI is InChI=1S/C12H12BrFN2/c1-16-11(12(7-15)4-5-12)9-6-8(13)2-3-10(9)14/h2-3,6,11,16H,4-5H2,1H3. The molecule has 2 rings (SSSR count). The van der Waals surface area contributed by atoms with Crippen molar-refractivity contribution in [1.82, 2.24) is 5.32 Å². The average Bonchev–Trinajstić information content (AvgIpc) is 3.05. The molecule has 1 aromatic rings. The van der Waals surface area contributed by atoms with Gasteiger partial charge < -0.3 is 5.32 Å². The molecule has 1 aromatic carbocycles. The smallest absolute Gasteiger partial charge is 0.128 e. The number of rotatable bonds is 3. The van der Waals surface area contributed by atoms with Crippen LogP contribution in [-0.2, 0) is 0 Å². The summed E-state index contributed by atoms with van der Waals surface area (Å²) in [6.07, 6.45) is 1.67. The molecule has 0 spiro atoms. The first-order chi connectivity index (χ1) is 7.63. The molecule has 1 unspecified atom stereocenters. The molecule has 1 aliphatic carbocycles. The van der Waals surface area contributed by atoms with Crippen molar-refractivity contribution in [3.05, 3.63) is 34.1 Å². The fourth-order valence-corrected chi connectivity index (χ4v) is 2.44. The predicted octanol–water partition coefficient (Wildman–Crippen LogP) is 3.15. The zero-order valence-corrected chi connectivity index (χ0v) is 10.5. The van der Waals surface area contributed by atoms with Gasteiger partial charge >= 0.3 is 0 Å². The van der Waals surface area contributed by atoms with E-state index in [1.807, 2.05) is 0 Å². The van der Waals surface area contributed by atoms with Gasteiger partial charge in [-0.3, -0.25) is 0 Å². The Hall–Kier alpha value is -0.920. The molecular formula is C12H12BrFN2. The summed E-state index contributed by atoms with van der Waals surface area (Å²) in [6.45, 7) is 0. The van der Waals surface area contributed by atoms with Gasteiger partial charge in [0.1, 0.15) is 5.82 Å². The van der Waals surface area contributed by atoms with Gasteiger partial charge in [0.25, 0.3) is 0 Å². The van der Waals surface area contributed by atoms with Crippen LogP contribution in [0.2, 0.25) is 0 Å². The summed E-state index contributed by atoms with van der Waals surface area (Å²) in [4.78, 5) is 0. The Labute approximate surface area is 103 Å². The minimum atomic E-state index is -0.420. The van der Waals surface area contributed by atoms with Gasteiger partial charge in [0.15, 0.2) is 0 Å². The number of benzene rings is 1.